The summed E-state index contributed by atoms with van der Waals surface area (Å²) in [7, 11) is 1.59. The summed E-state index contributed by atoms with van der Waals surface area (Å²) in [6, 6.07) is 14.4. The first-order valence-electron chi connectivity index (χ1n) is 8.10. The van der Waals surface area contributed by atoms with Crippen LogP contribution in [-0.4, -0.2) is 21.5 Å². The fourth-order valence-corrected chi connectivity index (χ4v) is 2.58. The molecule has 0 saturated carbocycles. The number of nitrogens with zero attached hydrogens (tertiary/aromatic N) is 5. The number of non-ortho nitro benzene ring substituents is 1. The van der Waals surface area contributed by atoms with Gasteiger partial charge in [0.25, 0.3) is 5.69 Å². The zero-order chi connectivity index (χ0) is 20.1. The predicted molar refractivity (Wildman–Crippen MR) is 100 cm³/mol. The largest absolute Gasteiger partial charge is 0.497 e. The first-order valence-corrected chi connectivity index (χ1v) is 8.10. The second kappa shape index (κ2) is 8.08. The molecule has 0 atom stereocenters. The molecule has 3 aromatic rings. The molecular formula is C18H15N5O5. The average molecular weight is 381 g/mol. The van der Waals surface area contributed by atoms with Crippen LogP contribution in [0.3, 0.4) is 0 Å². The SMILES string of the molecule is COc1ccc(-n2cccc2CN=Nc2ccc([N+](=O)[O-])cc2[N+](=O)[O-])cc1. The molecule has 0 aliphatic heterocycles. The molecule has 1 aromatic heterocycles. The van der Waals surface area contributed by atoms with Gasteiger partial charge in [-0.1, -0.05) is 0 Å². The molecule has 1 heterocycles. The van der Waals surface area contributed by atoms with E-state index in [9.17, 15) is 20.2 Å². The molecular weight excluding hydrogens is 366 g/mol. The summed E-state index contributed by atoms with van der Waals surface area (Å²) < 4.78 is 7.05. The molecule has 142 valence electrons. The first kappa shape index (κ1) is 18.7. The number of hydrogen-bond acceptors (Lipinski definition) is 7. The van der Waals surface area contributed by atoms with Crippen LogP contribution in [0, 0.1) is 20.2 Å². The molecule has 0 unspecified atom stereocenters. The second-order valence-electron chi connectivity index (χ2n) is 5.65. The summed E-state index contributed by atoms with van der Waals surface area (Å²) in [5.74, 6) is 0.739. The summed E-state index contributed by atoms with van der Waals surface area (Å²) in [4.78, 5) is 20.5. The molecule has 3 rings (SSSR count). The number of aromatic nitrogens is 1. The minimum absolute atomic E-state index is 0.0434. The molecule has 0 aliphatic carbocycles. The molecule has 0 spiro atoms. The van der Waals surface area contributed by atoms with E-state index in [0.717, 1.165) is 29.3 Å². The van der Waals surface area contributed by atoms with Gasteiger partial charge >= 0.3 is 5.69 Å². The summed E-state index contributed by atoms with van der Waals surface area (Å²) in [5, 5.41) is 29.9. The van der Waals surface area contributed by atoms with Crippen molar-refractivity contribution < 1.29 is 14.6 Å². The Morgan fingerprint density at radius 3 is 2.43 bits per heavy atom. The van der Waals surface area contributed by atoms with Crippen LogP contribution in [0.15, 0.2) is 71.0 Å². The number of ether oxygens (including phenoxy) is 1. The van der Waals surface area contributed by atoms with Crippen LogP contribution >= 0.6 is 0 Å². The Kier molecular flexibility index (Phi) is 5.40. The number of benzene rings is 2. The van der Waals surface area contributed by atoms with E-state index in [2.05, 4.69) is 10.2 Å². The van der Waals surface area contributed by atoms with E-state index >= 15 is 0 Å². The van der Waals surface area contributed by atoms with Crippen molar-refractivity contribution in [3.63, 3.8) is 0 Å². The molecule has 10 heteroatoms. The van der Waals surface area contributed by atoms with Gasteiger partial charge in [-0.05, 0) is 42.5 Å². The van der Waals surface area contributed by atoms with E-state index in [0.29, 0.717) is 0 Å². The highest BCUT2D eigenvalue weighted by molar-refractivity contribution is 5.61. The van der Waals surface area contributed by atoms with Crippen LogP contribution in [0.5, 0.6) is 5.75 Å². The number of methoxy groups -OCH3 is 1. The Morgan fingerprint density at radius 2 is 1.79 bits per heavy atom. The Balaban J connectivity index is 1.81. The van der Waals surface area contributed by atoms with Gasteiger partial charge in [0.1, 0.15) is 12.3 Å². The number of azo groups is 1. The molecule has 0 fully saturated rings. The minimum atomic E-state index is -0.721. The van der Waals surface area contributed by atoms with Crippen LogP contribution in [0.4, 0.5) is 17.1 Å². The maximum atomic E-state index is 11.1. The highest BCUT2D eigenvalue weighted by atomic mass is 16.6. The molecule has 28 heavy (non-hydrogen) atoms. The van der Waals surface area contributed by atoms with Crippen molar-refractivity contribution >= 4 is 17.1 Å². The van der Waals surface area contributed by atoms with Crippen LogP contribution in [-0.2, 0) is 6.54 Å². The fourth-order valence-electron chi connectivity index (χ4n) is 2.58. The number of hydrogen-bond donors (Lipinski definition) is 0. The molecule has 0 amide bonds. The Morgan fingerprint density at radius 1 is 1.04 bits per heavy atom. The molecule has 0 aliphatic rings. The van der Waals surface area contributed by atoms with Crippen molar-refractivity contribution in [2.45, 2.75) is 6.54 Å². The van der Waals surface area contributed by atoms with Gasteiger partial charge in [-0.15, -0.1) is 5.11 Å². The number of nitro groups is 2. The van der Waals surface area contributed by atoms with Gasteiger partial charge in [-0.2, -0.15) is 5.11 Å². The lowest BCUT2D eigenvalue weighted by Crippen LogP contribution is -1.97. The Bertz CT molecular complexity index is 1040. The first-order chi connectivity index (χ1) is 13.5. The lowest BCUT2D eigenvalue weighted by atomic mass is 10.2. The van der Waals surface area contributed by atoms with E-state index in [1.807, 2.05) is 47.2 Å². The fraction of sp³-hybridized carbons (Fsp3) is 0.111. The van der Waals surface area contributed by atoms with Crippen molar-refractivity contribution in [2.24, 2.45) is 10.2 Å². The van der Waals surface area contributed by atoms with Gasteiger partial charge in [0.2, 0.25) is 0 Å². The summed E-state index contributed by atoms with van der Waals surface area (Å²) in [5.41, 5.74) is 0.830. The molecule has 0 N–H and O–H groups in total. The monoisotopic (exact) mass is 381 g/mol. The Hall–Kier alpha value is -4.08. The van der Waals surface area contributed by atoms with Crippen LogP contribution in [0.2, 0.25) is 0 Å². The van der Waals surface area contributed by atoms with E-state index in [1.165, 1.54) is 6.07 Å². The predicted octanol–water partition coefficient (Wildman–Crippen LogP) is 4.59. The van der Waals surface area contributed by atoms with Crippen LogP contribution in [0.25, 0.3) is 5.69 Å². The maximum Gasteiger partial charge on any atom is 0.303 e. The second-order valence-corrected chi connectivity index (χ2v) is 5.65. The molecule has 0 saturated heterocycles. The normalized spacial score (nSPS) is 10.9. The van der Waals surface area contributed by atoms with Crippen molar-refractivity contribution in [1.29, 1.82) is 0 Å². The topological polar surface area (TPSA) is 125 Å². The van der Waals surface area contributed by atoms with E-state index < -0.39 is 15.5 Å². The third-order valence-electron chi connectivity index (χ3n) is 3.96. The lowest BCUT2D eigenvalue weighted by Gasteiger charge is -2.08. The van der Waals surface area contributed by atoms with Crippen molar-refractivity contribution in [3.8, 4) is 11.4 Å². The molecule has 2 aromatic carbocycles. The standard InChI is InChI=1S/C18H15N5O5/c1-28-16-7-4-13(5-8-16)21-10-2-3-15(21)12-19-20-17-9-6-14(22(24)25)11-18(17)23(26)27/h2-11H,12H2,1H3. The summed E-state index contributed by atoms with van der Waals surface area (Å²) in [6.45, 7) is 0.174. The third kappa shape index (κ3) is 4.01. The van der Waals surface area contributed by atoms with Gasteiger partial charge in [-0.3, -0.25) is 20.2 Å². The number of rotatable bonds is 7. The van der Waals surface area contributed by atoms with E-state index in [1.54, 1.807) is 7.11 Å². The van der Waals surface area contributed by atoms with Gasteiger partial charge in [0.05, 0.1) is 23.0 Å². The maximum absolute atomic E-state index is 11.1. The van der Waals surface area contributed by atoms with Crippen molar-refractivity contribution in [1.82, 2.24) is 4.57 Å². The van der Waals surface area contributed by atoms with E-state index in [-0.39, 0.29) is 17.9 Å². The highest BCUT2D eigenvalue weighted by Crippen LogP contribution is 2.31. The van der Waals surface area contributed by atoms with Gasteiger partial charge < -0.3 is 9.30 Å². The minimum Gasteiger partial charge on any atom is -0.497 e. The van der Waals surface area contributed by atoms with Crippen molar-refractivity contribution in [3.05, 3.63) is 86.7 Å². The molecule has 0 radical (unpaired) electrons. The van der Waals surface area contributed by atoms with Gasteiger partial charge in [-0.25, -0.2) is 0 Å². The summed E-state index contributed by atoms with van der Waals surface area (Å²) >= 11 is 0. The van der Waals surface area contributed by atoms with Gasteiger partial charge in [0.15, 0.2) is 5.69 Å². The highest BCUT2D eigenvalue weighted by Gasteiger charge is 2.19. The smallest absolute Gasteiger partial charge is 0.303 e. The van der Waals surface area contributed by atoms with Crippen LogP contribution in [0.1, 0.15) is 5.69 Å². The lowest BCUT2D eigenvalue weighted by molar-refractivity contribution is -0.393. The zero-order valence-corrected chi connectivity index (χ0v) is 14.8. The number of nitro benzene ring substituents is 2. The third-order valence-corrected chi connectivity index (χ3v) is 3.96. The molecule has 10 nitrogen and oxygen atoms in total. The average Bonchev–Trinajstić information content (AvgIpc) is 3.16. The zero-order valence-electron chi connectivity index (χ0n) is 14.8. The quantitative estimate of drug-likeness (QED) is 0.336. The van der Waals surface area contributed by atoms with Gasteiger partial charge in [0, 0.05) is 23.6 Å². The summed E-state index contributed by atoms with van der Waals surface area (Å²) in [6.07, 6.45) is 1.86. The van der Waals surface area contributed by atoms with Crippen LogP contribution < -0.4 is 4.74 Å². The molecule has 0 bridgehead atoms. The van der Waals surface area contributed by atoms with E-state index in [4.69, 9.17) is 4.74 Å². The van der Waals surface area contributed by atoms with Crippen molar-refractivity contribution in [2.75, 3.05) is 7.11 Å². The Labute approximate surface area is 159 Å².